The van der Waals surface area contributed by atoms with Crippen LogP contribution in [0.3, 0.4) is 0 Å². The molecule has 190 valence electrons. The van der Waals surface area contributed by atoms with E-state index in [-0.39, 0.29) is 23.8 Å². The van der Waals surface area contributed by atoms with Crippen LogP contribution >= 0.6 is 0 Å². The van der Waals surface area contributed by atoms with Crippen molar-refractivity contribution in [2.75, 3.05) is 24.6 Å². The average Bonchev–Trinajstić information content (AvgIpc) is 3.45. The van der Waals surface area contributed by atoms with Gasteiger partial charge in [0, 0.05) is 48.2 Å². The molecule has 37 heavy (non-hydrogen) atoms. The standard InChI is InChI=1S/C31H32N2O4/c1-2-37-30(36)33-22-20-31(19-17-27(34)23-11-5-3-6-12-23)25-15-9-10-16-26(25)32(29(31)33)21-18-28(35)24-13-7-4-8-14-24/h3-16,29H,2,17-22H2,1H3. The van der Waals surface area contributed by atoms with Gasteiger partial charge in [0.25, 0.3) is 0 Å². The molecule has 0 N–H and O–H groups in total. The van der Waals surface area contributed by atoms with Gasteiger partial charge in [0.1, 0.15) is 6.17 Å². The average molecular weight is 497 g/mol. The lowest BCUT2D eigenvalue weighted by atomic mass is 9.75. The minimum Gasteiger partial charge on any atom is -0.450 e. The maximum absolute atomic E-state index is 13.1. The van der Waals surface area contributed by atoms with Crippen molar-refractivity contribution in [1.29, 1.82) is 0 Å². The highest BCUT2D eigenvalue weighted by molar-refractivity contribution is 5.97. The van der Waals surface area contributed by atoms with Gasteiger partial charge in [-0.05, 0) is 31.4 Å². The van der Waals surface area contributed by atoms with Crippen molar-refractivity contribution in [2.24, 2.45) is 0 Å². The van der Waals surface area contributed by atoms with E-state index in [0.29, 0.717) is 50.1 Å². The van der Waals surface area contributed by atoms with Crippen molar-refractivity contribution in [3.63, 3.8) is 0 Å². The van der Waals surface area contributed by atoms with Gasteiger partial charge < -0.3 is 9.64 Å². The molecule has 2 atom stereocenters. The molecule has 3 aromatic rings. The molecule has 0 spiro atoms. The van der Waals surface area contributed by atoms with E-state index in [2.05, 4.69) is 17.0 Å². The number of para-hydroxylation sites is 1. The number of ether oxygens (including phenoxy) is 1. The molecular formula is C31H32N2O4. The first-order valence-electron chi connectivity index (χ1n) is 13.0. The topological polar surface area (TPSA) is 66.9 Å². The number of hydrogen-bond acceptors (Lipinski definition) is 5. The number of carbonyl (C=O) groups excluding carboxylic acids is 3. The van der Waals surface area contributed by atoms with Crippen LogP contribution < -0.4 is 4.90 Å². The van der Waals surface area contributed by atoms with E-state index >= 15 is 0 Å². The van der Waals surface area contributed by atoms with Crippen LogP contribution in [0.1, 0.15) is 58.9 Å². The summed E-state index contributed by atoms with van der Waals surface area (Å²) in [7, 11) is 0. The molecule has 0 aliphatic carbocycles. The molecular weight excluding hydrogens is 464 g/mol. The Morgan fingerprint density at radius 1 is 0.838 bits per heavy atom. The molecule has 2 aliphatic rings. The minimum atomic E-state index is -0.413. The third kappa shape index (κ3) is 4.64. The van der Waals surface area contributed by atoms with Crippen molar-refractivity contribution in [3.8, 4) is 0 Å². The summed E-state index contributed by atoms with van der Waals surface area (Å²) in [4.78, 5) is 43.2. The van der Waals surface area contributed by atoms with Gasteiger partial charge in [-0.1, -0.05) is 78.9 Å². The fourth-order valence-electron chi connectivity index (χ4n) is 6.01. The Labute approximate surface area is 217 Å². The summed E-state index contributed by atoms with van der Waals surface area (Å²) in [6.45, 7) is 3.11. The maximum Gasteiger partial charge on any atom is 0.411 e. The van der Waals surface area contributed by atoms with Crippen LogP contribution in [0.2, 0.25) is 0 Å². The van der Waals surface area contributed by atoms with E-state index in [4.69, 9.17) is 4.74 Å². The number of hydrogen-bond donors (Lipinski definition) is 0. The van der Waals surface area contributed by atoms with Crippen LogP contribution in [-0.4, -0.2) is 48.4 Å². The number of likely N-dealkylation sites (tertiary alicyclic amines) is 1. The van der Waals surface area contributed by atoms with Crippen molar-refractivity contribution in [2.45, 2.75) is 44.2 Å². The van der Waals surface area contributed by atoms with Gasteiger partial charge >= 0.3 is 6.09 Å². The molecule has 2 unspecified atom stereocenters. The molecule has 3 aromatic carbocycles. The summed E-state index contributed by atoms with van der Waals surface area (Å²) in [5.41, 5.74) is 3.13. The summed E-state index contributed by atoms with van der Waals surface area (Å²) in [6.07, 6.45) is 1.39. The molecule has 0 aromatic heterocycles. The van der Waals surface area contributed by atoms with Gasteiger partial charge in [0.15, 0.2) is 11.6 Å². The Hall–Kier alpha value is -3.93. The molecule has 1 saturated heterocycles. The number of nitrogens with zero attached hydrogens (tertiary/aromatic N) is 2. The van der Waals surface area contributed by atoms with E-state index < -0.39 is 5.41 Å². The Morgan fingerprint density at radius 3 is 2.08 bits per heavy atom. The Morgan fingerprint density at radius 2 is 1.43 bits per heavy atom. The van der Waals surface area contributed by atoms with Gasteiger partial charge in [-0.25, -0.2) is 4.79 Å². The molecule has 6 heteroatoms. The minimum absolute atomic E-state index is 0.0653. The number of fused-ring (bicyclic) bond motifs is 3. The first-order valence-corrected chi connectivity index (χ1v) is 13.0. The maximum atomic E-state index is 13.1. The number of amides is 1. The van der Waals surface area contributed by atoms with Gasteiger partial charge in [0.05, 0.1) is 6.61 Å². The van der Waals surface area contributed by atoms with Crippen LogP contribution in [0.15, 0.2) is 84.9 Å². The zero-order valence-electron chi connectivity index (χ0n) is 21.1. The van der Waals surface area contributed by atoms with Gasteiger partial charge in [-0.2, -0.15) is 0 Å². The van der Waals surface area contributed by atoms with Crippen molar-refractivity contribution < 1.29 is 19.1 Å². The van der Waals surface area contributed by atoms with Gasteiger partial charge in [0.2, 0.25) is 0 Å². The third-order valence-electron chi connectivity index (χ3n) is 7.71. The monoisotopic (exact) mass is 496 g/mol. The lowest BCUT2D eigenvalue weighted by Gasteiger charge is -2.38. The Bertz CT molecular complexity index is 1280. The molecule has 1 fully saturated rings. The highest BCUT2D eigenvalue weighted by Gasteiger charge is 2.58. The summed E-state index contributed by atoms with van der Waals surface area (Å²) in [5, 5.41) is 0. The number of Topliss-reactive ketones (excluding diaryl/α,β-unsaturated/α-hetero) is 2. The van der Waals surface area contributed by atoms with E-state index in [1.165, 1.54) is 0 Å². The Balaban J connectivity index is 1.46. The normalized spacial score (nSPS) is 19.9. The molecule has 2 heterocycles. The smallest absolute Gasteiger partial charge is 0.411 e. The first kappa shape index (κ1) is 24.8. The van der Waals surface area contributed by atoms with Gasteiger partial charge in [-0.3, -0.25) is 14.5 Å². The first-order chi connectivity index (χ1) is 18.0. The highest BCUT2D eigenvalue weighted by Crippen LogP contribution is 2.54. The van der Waals surface area contributed by atoms with Crippen LogP contribution in [0.4, 0.5) is 10.5 Å². The lowest BCUT2D eigenvalue weighted by molar-refractivity contribution is 0.0921. The van der Waals surface area contributed by atoms with Crippen LogP contribution in [0.5, 0.6) is 0 Å². The SMILES string of the molecule is CCOC(=O)N1CCC2(CCC(=O)c3ccccc3)c3ccccc3N(CCC(=O)c3ccccc3)C12. The van der Waals surface area contributed by atoms with E-state index in [1.54, 1.807) is 11.8 Å². The molecule has 6 nitrogen and oxygen atoms in total. The van der Waals surface area contributed by atoms with Gasteiger partial charge in [-0.15, -0.1) is 0 Å². The predicted molar refractivity (Wildman–Crippen MR) is 143 cm³/mol. The van der Waals surface area contributed by atoms with Crippen LogP contribution in [-0.2, 0) is 10.2 Å². The molecule has 0 saturated carbocycles. The summed E-state index contributed by atoms with van der Waals surface area (Å²) < 4.78 is 5.44. The number of ketones is 2. The summed E-state index contributed by atoms with van der Waals surface area (Å²) in [5.74, 6) is 0.161. The zero-order valence-corrected chi connectivity index (χ0v) is 21.1. The lowest BCUT2D eigenvalue weighted by Crippen LogP contribution is -2.52. The number of carbonyl (C=O) groups is 3. The summed E-state index contributed by atoms with van der Waals surface area (Å²) in [6, 6.07) is 26.8. The van der Waals surface area contributed by atoms with Crippen LogP contribution in [0.25, 0.3) is 0 Å². The largest absolute Gasteiger partial charge is 0.450 e. The van der Waals surface area contributed by atoms with E-state index in [0.717, 1.165) is 17.7 Å². The molecule has 2 aliphatic heterocycles. The van der Waals surface area contributed by atoms with E-state index in [1.807, 2.05) is 72.8 Å². The second-order valence-electron chi connectivity index (χ2n) is 9.71. The van der Waals surface area contributed by atoms with Crippen LogP contribution in [0, 0.1) is 0 Å². The zero-order chi connectivity index (χ0) is 25.8. The van der Waals surface area contributed by atoms with Crippen molar-refractivity contribution in [1.82, 2.24) is 4.90 Å². The molecule has 0 bridgehead atoms. The van der Waals surface area contributed by atoms with Crippen molar-refractivity contribution >= 4 is 23.3 Å². The number of rotatable bonds is 9. The fraction of sp³-hybridized carbons (Fsp3) is 0.323. The molecule has 0 radical (unpaired) electrons. The molecule has 5 rings (SSSR count). The fourth-order valence-corrected chi connectivity index (χ4v) is 6.01. The highest BCUT2D eigenvalue weighted by atomic mass is 16.6. The summed E-state index contributed by atoms with van der Waals surface area (Å²) >= 11 is 0. The Kier molecular flexibility index (Phi) is 7.08. The molecule has 1 amide bonds. The third-order valence-corrected chi connectivity index (χ3v) is 7.71. The van der Waals surface area contributed by atoms with E-state index in [9.17, 15) is 14.4 Å². The second kappa shape index (κ2) is 10.6. The predicted octanol–water partition coefficient (Wildman–Crippen LogP) is 5.87. The number of benzene rings is 3. The van der Waals surface area contributed by atoms with Crippen molar-refractivity contribution in [3.05, 3.63) is 102 Å². The second-order valence-corrected chi connectivity index (χ2v) is 9.71. The quantitative estimate of drug-likeness (QED) is 0.347. The number of anilines is 1.